The van der Waals surface area contributed by atoms with Crippen molar-refractivity contribution in [2.45, 2.75) is 19.9 Å². The van der Waals surface area contributed by atoms with E-state index in [2.05, 4.69) is 82.4 Å². The summed E-state index contributed by atoms with van der Waals surface area (Å²) in [6.45, 7) is 8.62. The lowest BCUT2D eigenvalue weighted by molar-refractivity contribution is 0.209. The van der Waals surface area contributed by atoms with Gasteiger partial charge in [0.1, 0.15) is 0 Å². The van der Waals surface area contributed by atoms with Crippen molar-refractivity contribution in [3.63, 3.8) is 0 Å². The van der Waals surface area contributed by atoms with Crippen molar-refractivity contribution in [2.24, 2.45) is 0 Å². The summed E-state index contributed by atoms with van der Waals surface area (Å²) in [5.74, 6) is 0.990. The van der Waals surface area contributed by atoms with Crippen molar-refractivity contribution in [2.75, 3.05) is 31.1 Å². The van der Waals surface area contributed by atoms with Gasteiger partial charge in [0.15, 0.2) is 5.82 Å². The van der Waals surface area contributed by atoms with Crippen LogP contribution < -0.4 is 4.90 Å². The molecule has 0 amide bonds. The number of benzene rings is 2. The van der Waals surface area contributed by atoms with E-state index in [1.165, 1.54) is 5.56 Å². The average Bonchev–Trinajstić information content (AvgIpc) is 2.75. The van der Waals surface area contributed by atoms with E-state index in [0.29, 0.717) is 6.04 Å². The quantitative estimate of drug-likeness (QED) is 0.694. The first-order chi connectivity index (χ1) is 13.2. The Morgan fingerprint density at radius 2 is 1.33 bits per heavy atom. The van der Waals surface area contributed by atoms with Gasteiger partial charge in [-0.05, 0) is 25.5 Å². The summed E-state index contributed by atoms with van der Waals surface area (Å²) in [5, 5.41) is 9.24. The highest BCUT2D eigenvalue weighted by molar-refractivity contribution is 5.79. The number of piperazine rings is 1. The van der Waals surface area contributed by atoms with E-state index >= 15 is 0 Å². The summed E-state index contributed by atoms with van der Waals surface area (Å²) in [6, 6.07) is 23.6. The largest absolute Gasteiger partial charge is 0.352 e. The zero-order valence-corrected chi connectivity index (χ0v) is 16.0. The molecule has 1 aliphatic rings. The van der Waals surface area contributed by atoms with Crippen LogP contribution in [0.15, 0.2) is 66.7 Å². The van der Waals surface area contributed by atoms with Crippen LogP contribution in [0.25, 0.3) is 22.4 Å². The van der Waals surface area contributed by atoms with Gasteiger partial charge < -0.3 is 4.90 Å². The second kappa shape index (κ2) is 7.89. The predicted octanol–water partition coefficient (Wildman–Crippen LogP) is 4.34. The Balaban J connectivity index is 1.71. The Hall–Kier alpha value is -2.72. The molecular weight excluding hydrogens is 332 g/mol. The minimum absolute atomic E-state index is 0.590. The number of aromatic nitrogens is 2. The molecular formula is C23H26N4. The van der Waals surface area contributed by atoms with Gasteiger partial charge in [0, 0.05) is 43.3 Å². The van der Waals surface area contributed by atoms with E-state index in [-0.39, 0.29) is 0 Å². The fourth-order valence-corrected chi connectivity index (χ4v) is 3.65. The molecule has 27 heavy (non-hydrogen) atoms. The highest BCUT2D eigenvalue weighted by atomic mass is 15.3. The summed E-state index contributed by atoms with van der Waals surface area (Å²) in [7, 11) is 0. The van der Waals surface area contributed by atoms with Crippen LogP contribution in [0.5, 0.6) is 0 Å². The van der Waals surface area contributed by atoms with Crippen LogP contribution in [0.1, 0.15) is 13.8 Å². The normalized spacial score (nSPS) is 15.3. The van der Waals surface area contributed by atoms with Crippen molar-refractivity contribution >= 4 is 5.82 Å². The summed E-state index contributed by atoms with van der Waals surface area (Å²) < 4.78 is 0. The lowest BCUT2D eigenvalue weighted by atomic mass is 10.0. The summed E-state index contributed by atoms with van der Waals surface area (Å²) in [5.41, 5.74) is 4.35. The highest BCUT2D eigenvalue weighted by Crippen LogP contribution is 2.32. The van der Waals surface area contributed by atoms with E-state index in [1.54, 1.807) is 0 Å². The first-order valence-electron chi connectivity index (χ1n) is 9.70. The van der Waals surface area contributed by atoms with Crippen molar-refractivity contribution in [3.05, 3.63) is 66.7 Å². The number of rotatable bonds is 4. The monoisotopic (exact) mass is 358 g/mol. The number of hydrogen-bond acceptors (Lipinski definition) is 4. The minimum atomic E-state index is 0.590. The van der Waals surface area contributed by atoms with Gasteiger partial charge in [-0.3, -0.25) is 4.90 Å². The molecule has 0 spiro atoms. The first kappa shape index (κ1) is 17.7. The van der Waals surface area contributed by atoms with Crippen molar-refractivity contribution in [1.29, 1.82) is 0 Å². The molecule has 0 unspecified atom stereocenters. The third-order valence-electron chi connectivity index (χ3n) is 5.27. The number of anilines is 1. The maximum Gasteiger partial charge on any atom is 0.159 e. The third-order valence-corrected chi connectivity index (χ3v) is 5.27. The van der Waals surface area contributed by atoms with Crippen LogP contribution in [0.3, 0.4) is 0 Å². The van der Waals surface area contributed by atoms with E-state index < -0.39 is 0 Å². The molecule has 0 saturated carbocycles. The molecule has 0 bridgehead atoms. The van der Waals surface area contributed by atoms with Crippen LogP contribution in [0.2, 0.25) is 0 Å². The fraction of sp³-hybridized carbons (Fsp3) is 0.304. The fourth-order valence-electron chi connectivity index (χ4n) is 3.65. The molecule has 1 fully saturated rings. The molecule has 1 saturated heterocycles. The summed E-state index contributed by atoms with van der Waals surface area (Å²) in [6.07, 6.45) is 0. The molecule has 4 nitrogen and oxygen atoms in total. The Morgan fingerprint density at radius 3 is 1.93 bits per heavy atom. The third kappa shape index (κ3) is 3.86. The maximum absolute atomic E-state index is 4.68. The summed E-state index contributed by atoms with van der Waals surface area (Å²) >= 11 is 0. The number of hydrogen-bond donors (Lipinski definition) is 0. The number of nitrogens with zero attached hydrogens (tertiary/aromatic N) is 4. The molecule has 2 heterocycles. The Labute approximate surface area is 161 Å². The van der Waals surface area contributed by atoms with E-state index in [1.807, 2.05) is 18.2 Å². The Bertz CT molecular complexity index is 869. The Morgan fingerprint density at radius 1 is 0.741 bits per heavy atom. The predicted molar refractivity (Wildman–Crippen MR) is 112 cm³/mol. The molecule has 4 rings (SSSR count). The zero-order chi connectivity index (χ0) is 18.6. The zero-order valence-electron chi connectivity index (χ0n) is 16.0. The lowest BCUT2D eigenvalue weighted by Gasteiger charge is -2.38. The molecule has 1 aromatic heterocycles. The first-order valence-corrected chi connectivity index (χ1v) is 9.70. The van der Waals surface area contributed by atoms with Gasteiger partial charge in [-0.15, -0.1) is 10.2 Å². The van der Waals surface area contributed by atoms with Crippen molar-refractivity contribution in [3.8, 4) is 22.4 Å². The topological polar surface area (TPSA) is 32.3 Å². The molecule has 138 valence electrons. The van der Waals surface area contributed by atoms with Crippen molar-refractivity contribution in [1.82, 2.24) is 15.1 Å². The average molecular weight is 358 g/mol. The van der Waals surface area contributed by atoms with Gasteiger partial charge in [0.05, 0.1) is 5.69 Å². The molecule has 0 radical (unpaired) electrons. The second-order valence-corrected chi connectivity index (χ2v) is 7.32. The molecule has 0 aliphatic carbocycles. The standard InChI is InChI=1S/C23H26N4/c1-18(2)26-13-15-27(16-14-26)23-21(19-9-5-3-6-10-19)17-22(24-25-23)20-11-7-4-8-12-20/h3-12,17-18H,13-16H2,1-2H3. The summed E-state index contributed by atoms with van der Waals surface area (Å²) in [4.78, 5) is 4.90. The minimum Gasteiger partial charge on any atom is -0.352 e. The maximum atomic E-state index is 4.68. The van der Waals surface area contributed by atoms with Gasteiger partial charge >= 0.3 is 0 Å². The van der Waals surface area contributed by atoms with Crippen LogP contribution in [-0.2, 0) is 0 Å². The van der Waals surface area contributed by atoms with Gasteiger partial charge in [0.25, 0.3) is 0 Å². The molecule has 2 aromatic carbocycles. The van der Waals surface area contributed by atoms with Crippen LogP contribution in [0.4, 0.5) is 5.82 Å². The molecule has 3 aromatic rings. The Kier molecular flexibility index (Phi) is 5.16. The van der Waals surface area contributed by atoms with Crippen LogP contribution in [-0.4, -0.2) is 47.3 Å². The molecule has 1 aliphatic heterocycles. The molecule has 0 atom stereocenters. The van der Waals surface area contributed by atoms with Crippen LogP contribution in [0, 0.1) is 0 Å². The highest BCUT2D eigenvalue weighted by Gasteiger charge is 2.23. The molecule has 0 N–H and O–H groups in total. The SMILES string of the molecule is CC(C)N1CCN(c2nnc(-c3ccccc3)cc2-c2ccccc2)CC1. The second-order valence-electron chi connectivity index (χ2n) is 7.32. The van der Waals surface area contributed by atoms with Crippen LogP contribution >= 0.6 is 0 Å². The van der Waals surface area contributed by atoms with E-state index in [0.717, 1.165) is 48.8 Å². The van der Waals surface area contributed by atoms with Gasteiger partial charge in [-0.2, -0.15) is 0 Å². The molecule has 4 heteroatoms. The van der Waals surface area contributed by atoms with E-state index in [9.17, 15) is 0 Å². The van der Waals surface area contributed by atoms with Gasteiger partial charge in [-0.25, -0.2) is 0 Å². The van der Waals surface area contributed by atoms with Gasteiger partial charge in [0.2, 0.25) is 0 Å². The van der Waals surface area contributed by atoms with E-state index in [4.69, 9.17) is 0 Å². The van der Waals surface area contributed by atoms with Crippen molar-refractivity contribution < 1.29 is 0 Å². The van der Waals surface area contributed by atoms with Gasteiger partial charge in [-0.1, -0.05) is 60.7 Å². The lowest BCUT2D eigenvalue weighted by Crippen LogP contribution is -2.49. The smallest absolute Gasteiger partial charge is 0.159 e.